The van der Waals surface area contributed by atoms with Crippen LogP contribution in [-0.4, -0.2) is 83.3 Å². The van der Waals surface area contributed by atoms with E-state index in [4.69, 9.17) is 0 Å². The predicted molar refractivity (Wildman–Crippen MR) is 115 cm³/mol. The number of benzene rings is 1. The van der Waals surface area contributed by atoms with Crippen LogP contribution >= 0.6 is 0 Å². The molecule has 1 spiro atoms. The molecule has 2 heterocycles. The van der Waals surface area contributed by atoms with Gasteiger partial charge in [0.05, 0.1) is 11.7 Å². The van der Waals surface area contributed by atoms with Gasteiger partial charge in [-0.15, -0.1) is 0 Å². The summed E-state index contributed by atoms with van der Waals surface area (Å²) in [4.78, 5) is 29.9. The SMILES string of the molecule is O=C(O)[C@H](CCN1CCC2(CC2)[C@H](O)C1)N1CCN(c2cccc(C(F)(F)F)c2)CCC1=O. The Bertz CT molecular complexity index is 890. The van der Waals surface area contributed by atoms with Gasteiger partial charge in [0, 0.05) is 44.8 Å². The summed E-state index contributed by atoms with van der Waals surface area (Å²) in [5.74, 6) is -1.40. The average molecular weight is 470 g/mol. The highest BCUT2D eigenvalue weighted by Gasteiger charge is 2.51. The topological polar surface area (TPSA) is 84.3 Å². The molecule has 1 saturated carbocycles. The smallest absolute Gasteiger partial charge is 0.416 e. The van der Waals surface area contributed by atoms with E-state index in [0.29, 0.717) is 18.8 Å². The molecule has 4 rings (SSSR count). The van der Waals surface area contributed by atoms with Gasteiger partial charge in [0.1, 0.15) is 6.04 Å². The van der Waals surface area contributed by atoms with Crippen LogP contribution in [-0.2, 0) is 15.8 Å². The number of alkyl halides is 3. The molecule has 2 N–H and O–H groups in total. The normalized spacial score (nSPS) is 24.6. The van der Waals surface area contributed by atoms with Crippen molar-refractivity contribution in [3.63, 3.8) is 0 Å². The van der Waals surface area contributed by atoms with Crippen LogP contribution in [0, 0.1) is 5.41 Å². The number of carboxylic acid groups (broad SMARTS) is 1. The molecule has 1 aromatic carbocycles. The number of carboxylic acids is 1. The van der Waals surface area contributed by atoms with E-state index < -0.39 is 29.9 Å². The van der Waals surface area contributed by atoms with Crippen LogP contribution in [0.3, 0.4) is 0 Å². The van der Waals surface area contributed by atoms with E-state index in [0.717, 1.165) is 37.9 Å². The number of piperidine rings is 1. The lowest BCUT2D eigenvalue weighted by Crippen LogP contribution is -2.50. The van der Waals surface area contributed by atoms with E-state index in [1.54, 1.807) is 11.0 Å². The Morgan fingerprint density at radius 1 is 1.15 bits per heavy atom. The van der Waals surface area contributed by atoms with E-state index >= 15 is 0 Å². The fourth-order valence-electron chi connectivity index (χ4n) is 5.05. The van der Waals surface area contributed by atoms with E-state index in [9.17, 15) is 33.0 Å². The number of aliphatic hydroxyl groups excluding tert-OH is 1. The minimum absolute atomic E-state index is 0.0327. The summed E-state index contributed by atoms with van der Waals surface area (Å²) in [5.41, 5.74) is -0.328. The molecule has 0 aromatic heterocycles. The number of carbonyl (C=O) groups is 2. The lowest BCUT2D eigenvalue weighted by atomic mass is 9.90. The summed E-state index contributed by atoms with van der Waals surface area (Å²) in [6, 6.07) is 3.96. The average Bonchev–Trinajstić information content (AvgIpc) is 3.56. The number of hydrogen-bond donors (Lipinski definition) is 2. The molecule has 1 amide bonds. The molecule has 0 bridgehead atoms. The van der Waals surface area contributed by atoms with Gasteiger partial charge < -0.3 is 24.9 Å². The van der Waals surface area contributed by atoms with E-state index in [-0.39, 0.29) is 43.8 Å². The van der Waals surface area contributed by atoms with Crippen LogP contribution in [0.25, 0.3) is 0 Å². The lowest BCUT2D eigenvalue weighted by molar-refractivity contribution is -0.150. The second-order valence-electron chi connectivity index (χ2n) is 9.44. The Kier molecular flexibility index (Phi) is 6.59. The van der Waals surface area contributed by atoms with Crippen molar-refractivity contribution in [2.24, 2.45) is 5.41 Å². The van der Waals surface area contributed by atoms with Crippen LogP contribution in [0.5, 0.6) is 0 Å². The summed E-state index contributed by atoms with van der Waals surface area (Å²) in [5, 5.41) is 20.2. The van der Waals surface area contributed by atoms with Gasteiger partial charge >= 0.3 is 12.1 Å². The number of likely N-dealkylation sites (tertiary alicyclic amines) is 1. The molecular formula is C23H30F3N3O4. The number of nitrogens with zero attached hydrogens (tertiary/aromatic N) is 3. The van der Waals surface area contributed by atoms with Crippen LogP contribution < -0.4 is 4.90 Å². The second kappa shape index (κ2) is 9.13. The quantitative estimate of drug-likeness (QED) is 0.666. The molecule has 10 heteroatoms. The minimum Gasteiger partial charge on any atom is -0.480 e. The van der Waals surface area contributed by atoms with Crippen LogP contribution in [0.1, 0.15) is 37.7 Å². The highest BCUT2D eigenvalue weighted by Crippen LogP contribution is 2.53. The largest absolute Gasteiger partial charge is 0.480 e. The number of β-amino-alcohol motifs (C(OH)–C–C–N with tert-alkyl or cyclic N) is 1. The van der Waals surface area contributed by atoms with Gasteiger partial charge in [-0.2, -0.15) is 13.2 Å². The summed E-state index contributed by atoms with van der Waals surface area (Å²) >= 11 is 0. The van der Waals surface area contributed by atoms with Gasteiger partial charge in [-0.3, -0.25) is 4.79 Å². The molecule has 182 valence electrons. The molecule has 3 fully saturated rings. The second-order valence-corrected chi connectivity index (χ2v) is 9.44. The third-order valence-corrected chi connectivity index (χ3v) is 7.40. The maximum Gasteiger partial charge on any atom is 0.416 e. The van der Waals surface area contributed by atoms with Crippen LogP contribution in [0.15, 0.2) is 24.3 Å². The number of aliphatic carboxylic acids is 1. The zero-order valence-electron chi connectivity index (χ0n) is 18.4. The first-order valence-corrected chi connectivity index (χ1v) is 11.4. The van der Waals surface area contributed by atoms with Crippen LogP contribution in [0.2, 0.25) is 0 Å². The monoisotopic (exact) mass is 469 g/mol. The number of aliphatic hydroxyl groups is 1. The van der Waals surface area contributed by atoms with Crippen LogP contribution in [0.4, 0.5) is 18.9 Å². The van der Waals surface area contributed by atoms with Gasteiger partial charge in [0.25, 0.3) is 0 Å². The number of carbonyl (C=O) groups excluding carboxylic acids is 1. The van der Waals surface area contributed by atoms with Crippen molar-refractivity contribution in [2.45, 2.75) is 50.4 Å². The molecule has 2 saturated heterocycles. The summed E-state index contributed by atoms with van der Waals surface area (Å²) < 4.78 is 39.2. The molecule has 2 atom stereocenters. The fraction of sp³-hybridized carbons (Fsp3) is 0.652. The molecular weight excluding hydrogens is 439 g/mol. The Balaban J connectivity index is 1.39. The standard InChI is InChI=1S/C23H30F3N3O4/c24-23(25,26)16-2-1-3-17(14-16)28-10-5-20(31)29(13-12-28)18(21(32)33)4-9-27-11-8-22(6-7-22)19(30)15-27/h1-3,14,18-19,30H,4-13,15H2,(H,32,33)/t18-,19+/m0/s1. The maximum absolute atomic E-state index is 13.1. The van der Waals surface area contributed by atoms with E-state index in [2.05, 4.69) is 4.90 Å². The van der Waals surface area contributed by atoms with Crippen molar-refractivity contribution < 1.29 is 33.0 Å². The summed E-state index contributed by atoms with van der Waals surface area (Å²) in [6.45, 7) is 2.39. The first-order valence-electron chi connectivity index (χ1n) is 11.4. The predicted octanol–water partition coefficient (Wildman–Crippen LogP) is 2.43. The van der Waals surface area contributed by atoms with Gasteiger partial charge in [0.2, 0.25) is 5.91 Å². The Hall–Kier alpha value is -2.33. The van der Waals surface area contributed by atoms with Crippen molar-refractivity contribution in [3.05, 3.63) is 29.8 Å². The molecule has 2 aliphatic heterocycles. The summed E-state index contributed by atoms with van der Waals surface area (Å²) in [7, 11) is 0. The van der Waals surface area contributed by atoms with Gasteiger partial charge in [0.15, 0.2) is 0 Å². The maximum atomic E-state index is 13.1. The number of anilines is 1. The van der Waals surface area contributed by atoms with E-state index in [1.807, 2.05) is 0 Å². The Morgan fingerprint density at radius 3 is 2.55 bits per heavy atom. The zero-order chi connectivity index (χ0) is 23.8. The van der Waals surface area contributed by atoms with Gasteiger partial charge in [-0.1, -0.05) is 6.07 Å². The molecule has 1 aromatic rings. The zero-order valence-corrected chi connectivity index (χ0v) is 18.4. The molecule has 1 aliphatic carbocycles. The molecule has 7 nitrogen and oxygen atoms in total. The van der Waals surface area contributed by atoms with Gasteiger partial charge in [-0.25, -0.2) is 4.79 Å². The number of halogens is 3. The van der Waals surface area contributed by atoms with Crippen molar-refractivity contribution in [1.82, 2.24) is 9.80 Å². The number of rotatable bonds is 6. The van der Waals surface area contributed by atoms with Crippen molar-refractivity contribution >= 4 is 17.6 Å². The lowest BCUT2D eigenvalue weighted by Gasteiger charge is -2.37. The van der Waals surface area contributed by atoms with Crippen molar-refractivity contribution in [3.8, 4) is 0 Å². The highest BCUT2D eigenvalue weighted by molar-refractivity contribution is 5.84. The molecule has 33 heavy (non-hydrogen) atoms. The Morgan fingerprint density at radius 2 is 1.91 bits per heavy atom. The highest BCUT2D eigenvalue weighted by atomic mass is 19.4. The third-order valence-electron chi connectivity index (χ3n) is 7.40. The summed E-state index contributed by atoms with van der Waals surface area (Å²) in [6.07, 6.45) is -1.58. The number of hydrogen-bond acceptors (Lipinski definition) is 5. The van der Waals surface area contributed by atoms with Gasteiger partial charge in [-0.05, 0) is 55.8 Å². The van der Waals surface area contributed by atoms with Crippen molar-refractivity contribution in [1.29, 1.82) is 0 Å². The van der Waals surface area contributed by atoms with E-state index in [1.165, 1.54) is 11.0 Å². The third kappa shape index (κ3) is 5.27. The molecule has 0 unspecified atom stereocenters. The molecule has 3 aliphatic rings. The number of amides is 1. The fourth-order valence-corrected chi connectivity index (χ4v) is 5.05. The first-order chi connectivity index (χ1) is 15.6. The minimum atomic E-state index is -4.46. The molecule has 0 radical (unpaired) electrons. The first kappa shape index (κ1) is 23.8. The Labute approximate surface area is 190 Å². The van der Waals surface area contributed by atoms with Crippen molar-refractivity contribution in [2.75, 3.05) is 44.2 Å².